The van der Waals surface area contributed by atoms with E-state index in [2.05, 4.69) is 5.10 Å². The maximum atomic E-state index is 13.3. The summed E-state index contributed by atoms with van der Waals surface area (Å²) in [5, 5.41) is 12.9. The standard InChI is InChI=1S/C12H16F2N2O2/c1-8-10(11(17)18)6-15-16(8)7-9-3-2-4-12(13,14)5-9/h6,9H,2-5,7H2,1H3,(H,17,18). The van der Waals surface area contributed by atoms with Crippen LogP contribution < -0.4 is 0 Å². The molecule has 1 aliphatic rings. The molecule has 1 atom stereocenters. The molecule has 0 amide bonds. The average Bonchev–Trinajstić information content (AvgIpc) is 2.59. The molecular formula is C12H16F2N2O2. The first kappa shape index (κ1) is 13.0. The molecule has 0 aliphatic heterocycles. The first-order chi connectivity index (χ1) is 8.39. The Morgan fingerprint density at radius 3 is 2.94 bits per heavy atom. The molecule has 1 saturated carbocycles. The van der Waals surface area contributed by atoms with E-state index < -0.39 is 11.9 Å². The number of rotatable bonds is 3. The molecule has 0 bridgehead atoms. The number of aromatic carboxylic acids is 1. The highest BCUT2D eigenvalue weighted by atomic mass is 19.3. The van der Waals surface area contributed by atoms with Crippen molar-refractivity contribution < 1.29 is 18.7 Å². The maximum absolute atomic E-state index is 13.3. The van der Waals surface area contributed by atoms with E-state index >= 15 is 0 Å². The number of nitrogens with zero attached hydrogens (tertiary/aromatic N) is 2. The third-order valence-corrected chi connectivity index (χ3v) is 3.51. The first-order valence-corrected chi connectivity index (χ1v) is 6.02. The predicted molar refractivity (Wildman–Crippen MR) is 60.8 cm³/mol. The van der Waals surface area contributed by atoms with Crippen molar-refractivity contribution in [2.45, 2.75) is 45.1 Å². The van der Waals surface area contributed by atoms with Gasteiger partial charge in [0.1, 0.15) is 5.56 Å². The number of carbonyl (C=O) groups is 1. The van der Waals surface area contributed by atoms with Gasteiger partial charge in [0.2, 0.25) is 5.92 Å². The number of carboxylic acid groups (broad SMARTS) is 1. The number of carboxylic acids is 1. The van der Waals surface area contributed by atoms with E-state index in [4.69, 9.17) is 5.11 Å². The minimum atomic E-state index is -2.58. The molecule has 1 unspecified atom stereocenters. The Bertz CT molecular complexity index is 457. The second kappa shape index (κ2) is 4.66. The van der Waals surface area contributed by atoms with Crippen LogP contribution in [0.2, 0.25) is 0 Å². The Kier molecular flexibility index (Phi) is 3.36. The molecule has 0 spiro atoms. The van der Waals surface area contributed by atoms with Crippen molar-refractivity contribution in [2.75, 3.05) is 0 Å². The quantitative estimate of drug-likeness (QED) is 0.906. The zero-order valence-electron chi connectivity index (χ0n) is 10.2. The Morgan fingerprint density at radius 2 is 2.39 bits per heavy atom. The minimum absolute atomic E-state index is 0.0397. The molecule has 1 fully saturated rings. The van der Waals surface area contributed by atoms with Crippen LogP contribution in [0.15, 0.2) is 6.20 Å². The van der Waals surface area contributed by atoms with E-state index in [1.807, 2.05) is 0 Å². The van der Waals surface area contributed by atoms with Gasteiger partial charge in [-0.05, 0) is 25.7 Å². The van der Waals surface area contributed by atoms with Gasteiger partial charge in [-0.1, -0.05) is 0 Å². The lowest BCUT2D eigenvalue weighted by atomic mass is 9.86. The average molecular weight is 258 g/mol. The molecule has 100 valence electrons. The molecule has 1 heterocycles. The molecule has 1 aromatic rings. The van der Waals surface area contributed by atoms with Gasteiger partial charge in [0.05, 0.1) is 6.20 Å². The van der Waals surface area contributed by atoms with Gasteiger partial charge in [-0.3, -0.25) is 4.68 Å². The van der Waals surface area contributed by atoms with Crippen molar-refractivity contribution in [3.05, 3.63) is 17.5 Å². The van der Waals surface area contributed by atoms with Gasteiger partial charge in [0.15, 0.2) is 0 Å². The normalized spacial score (nSPS) is 22.9. The molecule has 1 N–H and O–H groups in total. The van der Waals surface area contributed by atoms with Crippen LogP contribution in [0, 0.1) is 12.8 Å². The number of aromatic nitrogens is 2. The summed E-state index contributed by atoms with van der Waals surface area (Å²) in [4.78, 5) is 10.9. The Balaban J connectivity index is 2.08. The molecule has 4 nitrogen and oxygen atoms in total. The number of hydrogen-bond acceptors (Lipinski definition) is 2. The lowest BCUT2D eigenvalue weighted by molar-refractivity contribution is -0.0552. The summed E-state index contributed by atoms with van der Waals surface area (Å²) in [6.45, 7) is 2.02. The molecule has 6 heteroatoms. The third-order valence-electron chi connectivity index (χ3n) is 3.51. The molecule has 0 radical (unpaired) electrons. The van der Waals surface area contributed by atoms with Crippen LogP contribution >= 0.6 is 0 Å². The fourth-order valence-electron chi connectivity index (χ4n) is 2.52. The lowest BCUT2D eigenvalue weighted by Gasteiger charge is -2.29. The topological polar surface area (TPSA) is 55.1 Å². The van der Waals surface area contributed by atoms with Crippen molar-refractivity contribution >= 4 is 5.97 Å². The largest absolute Gasteiger partial charge is 0.478 e. The van der Waals surface area contributed by atoms with Crippen molar-refractivity contribution in [2.24, 2.45) is 5.92 Å². The molecule has 1 aliphatic carbocycles. The van der Waals surface area contributed by atoms with Crippen molar-refractivity contribution in [3.8, 4) is 0 Å². The van der Waals surface area contributed by atoms with E-state index in [9.17, 15) is 13.6 Å². The Hall–Kier alpha value is -1.46. The SMILES string of the molecule is Cc1c(C(=O)O)cnn1CC1CCCC(F)(F)C1. The van der Waals surface area contributed by atoms with Gasteiger partial charge in [-0.15, -0.1) is 0 Å². The summed E-state index contributed by atoms with van der Waals surface area (Å²) >= 11 is 0. The third kappa shape index (κ3) is 2.68. The van der Waals surface area contributed by atoms with Crippen LogP contribution in [0.5, 0.6) is 0 Å². The van der Waals surface area contributed by atoms with Crippen LogP contribution in [0.25, 0.3) is 0 Å². The summed E-state index contributed by atoms with van der Waals surface area (Å²) in [6.07, 6.45) is 2.37. The Morgan fingerprint density at radius 1 is 1.67 bits per heavy atom. The van der Waals surface area contributed by atoms with Gasteiger partial charge >= 0.3 is 5.97 Å². The molecule has 0 aromatic carbocycles. The molecule has 2 rings (SSSR count). The summed E-state index contributed by atoms with van der Waals surface area (Å²) < 4.78 is 28.1. The van der Waals surface area contributed by atoms with E-state index in [1.54, 1.807) is 6.92 Å². The highest BCUT2D eigenvalue weighted by Crippen LogP contribution is 2.37. The smallest absolute Gasteiger partial charge is 0.339 e. The fraction of sp³-hybridized carbons (Fsp3) is 0.667. The van der Waals surface area contributed by atoms with E-state index in [1.165, 1.54) is 10.9 Å². The van der Waals surface area contributed by atoms with Gasteiger partial charge in [-0.25, -0.2) is 13.6 Å². The summed E-state index contributed by atoms with van der Waals surface area (Å²) in [5.41, 5.74) is 0.661. The lowest BCUT2D eigenvalue weighted by Crippen LogP contribution is -2.29. The molecule has 0 saturated heterocycles. The number of halogens is 2. The van der Waals surface area contributed by atoms with Crippen LogP contribution in [0.3, 0.4) is 0 Å². The van der Waals surface area contributed by atoms with Gasteiger partial charge < -0.3 is 5.11 Å². The highest BCUT2D eigenvalue weighted by molar-refractivity contribution is 5.88. The molecule has 1 aromatic heterocycles. The monoisotopic (exact) mass is 258 g/mol. The second-order valence-corrected chi connectivity index (χ2v) is 4.95. The molecule has 18 heavy (non-hydrogen) atoms. The van der Waals surface area contributed by atoms with Crippen LogP contribution in [0.4, 0.5) is 8.78 Å². The van der Waals surface area contributed by atoms with Crippen molar-refractivity contribution in [1.29, 1.82) is 0 Å². The minimum Gasteiger partial charge on any atom is -0.478 e. The second-order valence-electron chi connectivity index (χ2n) is 4.95. The van der Waals surface area contributed by atoms with Gasteiger partial charge in [0.25, 0.3) is 0 Å². The van der Waals surface area contributed by atoms with Crippen LogP contribution in [0.1, 0.15) is 41.7 Å². The zero-order chi connectivity index (χ0) is 13.3. The molecular weight excluding hydrogens is 242 g/mol. The van der Waals surface area contributed by atoms with Crippen molar-refractivity contribution in [3.63, 3.8) is 0 Å². The van der Waals surface area contributed by atoms with Crippen LogP contribution in [-0.4, -0.2) is 26.8 Å². The van der Waals surface area contributed by atoms with E-state index in [0.29, 0.717) is 18.7 Å². The zero-order valence-corrected chi connectivity index (χ0v) is 10.2. The van der Waals surface area contributed by atoms with Gasteiger partial charge in [-0.2, -0.15) is 5.10 Å². The summed E-state index contributed by atoms with van der Waals surface area (Å²) in [6, 6.07) is 0. The highest BCUT2D eigenvalue weighted by Gasteiger charge is 2.36. The summed E-state index contributed by atoms with van der Waals surface area (Å²) in [7, 11) is 0. The predicted octanol–water partition coefficient (Wildman–Crippen LogP) is 2.72. The van der Waals surface area contributed by atoms with Crippen molar-refractivity contribution in [1.82, 2.24) is 9.78 Å². The van der Waals surface area contributed by atoms with Crippen LogP contribution in [-0.2, 0) is 6.54 Å². The van der Waals surface area contributed by atoms with E-state index in [-0.39, 0.29) is 24.3 Å². The maximum Gasteiger partial charge on any atom is 0.339 e. The number of alkyl halides is 2. The fourth-order valence-corrected chi connectivity index (χ4v) is 2.52. The summed E-state index contributed by atoms with van der Waals surface area (Å²) in [5.74, 6) is -3.75. The van der Waals surface area contributed by atoms with Gasteiger partial charge in [0, 0.05) is 25.1 Å². The first-order valence-electron chi connectivity index (χ1n) is 6.02. The number of hydrogen-bond donors (Lipinski definition) is 1. The Labute approximate surface area is 104 Å². The van der Waals surface area contributed by atoms with E-state index in [0.717, 1.165) is 6.42 Å².